The Balaban J connectivity index is 4.53. The Hall–Kier alpha value is 0.135. The van der Waals surface area contributed by atoms with Crippen molar-refractivity contribution >= 4 is 15.4 Å². The first-order valence-electron chi connectivity index (χ1n) is 7.32. The summed E-state index contributed by atoms with van der Waals surface area (Å²) in [7, 11) is 0.446. The molecular weight excluding hydrogens is 278 g/mol. The summed E-state index contributed by atoms with van der Waals surface area (Å²) >= 11 is 0. The maximum Gasteiger partial charge on any atom is 0.356 e. The van der Waals surface area contributed by atoms with E-state index in [9.17, 15) is 4.57 Å². The molecular formula is C13H30BO5P. The van der Waals surface area contributed by atoms with Gasteiger partial charge in [0.15, 0.2) is 0 Å². The third-order valence-electron chi connectivity index (χ3n) is 2.66. The van der Waals surface area contributed by atoms with Crippen molar-refractivity contribution in [2.45, 2.75) is 71.8 Å². The normalized spacial score (nSPS) is 15.8. The Labute approximate surface area is 124 Å². The highest BCUT2D eigenvalue weighted by Gasteiger charge is 2.29. The Morgan fingerprint density at radius 3 is 1.95 bits per heavy atom. The van der Waals surface area contributed by atoms with Crippen LogP contribution in [0.25, 0.3) is 0 Å². The zero-order chi connectivity index (χ0) is 15.8. The first-order valence-corrected chi connectivity index (χ1v) is 9.05. The molecule has 0 saturated carbocycles. The van der Waals surface area contributed by atoms with Gasteiger partial charge in [0.1, 0.15) is 14.2 Å². The highest BCUT2D eigenvalue weighted by molar-refractivity contribution is 7.53. The van der Waals surface area contributed by atoms with Gasteiger partial charge in [-0.25, -0.2) is 0 Å². The largest absolute Gasteiger partial charge is 0.390 e. The van der Waals surface area contributed by atoms with E-state index in [1.807, 2.05) is 42.5 Å². The first kappa shape index (κ1) is 20.1. The Bertz CT molecular complexity index is 284. The van der Waals surface area contributed by atoms with Crippen molar-refractivity contribution in [2.24, 2.45) is 0 Å². The van der Waals surface area contributed by atoms with Crippen LogP contribution in [0.2, 0.25) is 0 Å². The van der Waals surface area contributed by atoms with Gasteiger partial charge >= 0.3 is 7.60 Å². The van der Waals surface area contributed by atoms with Crippen LogP contribution >= 0.6 is 7.60 Å². The van der Waals surface area contributed by atoms with Crippen LogP contribution in [-0.4, -0.2) is 45.6 Å². The molecule has 5 nitrogen and oxygen atoms in total. The lowest BCUT2D eigenvalue weighted by molar-refractivity contribution is 0.0240. The molecule has 0 aromatic carbocycles. The molecule has 0 heterocycles. The van der Waals surface area contributed by atoms with Gasteiger partial charge in [-0.1, -0.05) is 6.92 Å². The van der Waals surface area contributed by atoms with E-state index < -0.39 is 7.60 Å². The molecule has 0 saturated heterocycles. The summed E-state index contributed by atoms with van der Waals surface area (Å²) in [5.74, 6) is 0. The minimum Gasteiger partial charge on any atom is -0.390 e. The van der Waals surface area contributed by atoms with Crippen LogP contribution in [0.4, 0.5) is 0 Å². The van der Waals surface area contributed by atoms with Crippen molar-refractivity contribution in [1.82, 2.24) is 0 Å². The molecule has 0 aliphatic heterocycles. The van der Waals surface area contributed by atoms with Crippen molar-refractivity contribution < 1.29 is 23.1 Å². The summed E-state index contributed by atoms with van der Waals surface area (Å²) in [5, 5.41) is 0. The fraction of sp³-hybridized carbons (Fsp3) is 1.00. The second-order valence-electron chi connectivity index (χ2n) is 5.53. The predicted molar refractivity (Wildman–Crippen MR) is 84.0 cm³/mol. The second-order valence-corrected chi connectivity index (χ2v) is 7.43. The van der Waals surface area contributed by atoms with Gasteiger partial charge in [0.25, 0.3) is 0 Å². The van der Waals surface area contributed by atoms with Crippen LogP contribution < -0.4 is 0 Å². The lowest BCUT2D eigenvalue weighted by Crippen LogP contribution is -2.23. The molecule has 0 rings (SSSR count). The second kappa shape index (κ2) is 9.96. The molecule has 0 spiro atoms. The zero-order valence-corrected chi connectivity index (χ0v) is 14.8. The lowest BCUT2D eigenvalue weighted by Gasteiger charge is -2.25. The molecule has 0 aromatic heterocycles. The molecule has 20 heavy (non-hydrogen) atoms. The van der Waals surface area contributed by atoms with E-state index >= 15 is 0 Å². The van der Waals surface area contributed by atoms with Crippen LogP contribution in [0.1, 0.15) is 47.5 Å². The molecule has 0 radical (unpaired) electrons. The van der Waals surface area contributed by atoms with Gasteiger partial charge in [0.05, 0.1) is 18.3 Å². The van der Waals surface area contributed by atoms with Crippen molar-refractivity contribution in [3.63, 3.8) is 0 Å². The predicted octanol–water partition coefficient (Wildman–Crippen LogP) is 2.78. The lowest BCUT2D eigenvalue weighted by atomic mass is 9.93. The van der Waals surface area contributed by atoms with Gasteiger partial charge < -0.3 is 18.5 Å². The molecule has 0 aliphatic rings. The molecule has 0 aliphatic carbocycles. The first-order chi connectivity index (χ1) is 9.22. The van der Waals surface area contributed by atoms with E-state index in [1.54, 1.807) is 7.11 Å². The molecule has 0 bridgehead atoms. The summed E-state index contributed by atoms with van der Waals surface area (Å²) in [6.07, 6.45) is 1.23. The average Bonchev–Trinajstić information content (AvgIpc) is 2.31. The molecule has 0 unspecified atom stereocenters. The fourth-order valence-electron chi connectivity index (χ4n) is 1.74. The van der Waals surface area contributed by atoms with Gasteiger partial charge in [-0.3, -0.25) is 4.57 Å². The highest BCUT2D eigenvalue weighted by Crippen LogP contribution is 2.50. The van der Waals surface area contributed by atoms with Crippen LogP contribution in [0.15, 0.2) is 0 Å². The van der Waals surface area contributed by atoms with Crippen molar-refractivity contribution in [3.05, 3.63) is 0 Å². The monoisotopic (exact) mass is 308 g/mol. The quantitative estimate of drug-likeness (QED) is 0.434. The van der Waals surface area contributed by atoms with Crippen molar-refractivity contribution in [3.8, 4) is 0 Å². The number of ether oxygens (including phenoxy) is 2. The van der Waals surface area contributed by atoms with E-state index in [0.29, 0.717) is 0 Å². The average molecular weight is 308 g/mol. The number of hydrogen-bond donors (Lipinski definition) is 0. The Morgan fingerprint density at radius 1 is 1.10 bits per heavy atom. The van der Waals surface area contributed by atoms with E-state index in [0.717, 1.165) is 12.8 Å². The van der Waals surface area contributed by atoms with Gasteiger partial charge in [-0.15, -0.1) is 0 Å². The standard InChI is InChI=1S/C13H30BO5P/c1-7-12(8-13(14)16-6)17-9-20(15,18-10(2)3)19-11(4)5/h10-13H,7-9,14H2,1-6H3/t12-,13+/m0/s1. The van der Waals surface area contributed by atoms with Gasteiger partial charge in [0, 0.05) is 13.1 Å². The highest BCUT2D eigenvalue weighted by atomic mass is 31.2. The van der Waals surface area contributed by atoms with Crippen molar-refractivity contribution in [1.29, 1.82) is 0 Å². The summed E-state index contributed by atoms with van der Waals surface area (Å²) in [4.78, 5) is 0. The van der Waals surface area contributed by atoms with E-state index in [1.165, 1.54) is 0 Å². The van der Waals surface area contributed by atoms with Crippen LogP contribution in [0.5, 0.6) is 0 Å². The number of methoxy groups -OCH3 is 1. The van der Waals surface area contributed by atoms with Gasteiger partial charge in [-0.05, 0) is 40.5 Å². The smallest absolute Gasteiger partial charge is 0.356 e. The van der Waals surface area contributed by atoms with Gasteiger partial charge in [0.2, 0.25) is 0 Å². The summed E-state index contributed by atoms with van der Waals surface area (Å²) < 4.78 is 34.5. The zero-order valence-electron chi connectivity index (χ0n) is 13.9. The SMILES string of the molecule is B[C@@H](C[C@H](CC)OCP(=O)(OC(C)C)OC(C)C)OC. The van der Waals surface area contributed by atoms with Crippen molar-refractivity contribution in [2.75, 3.05) is 13.5 Å². The van der Waals surface area contributed by atoms with Crippen LogP contribution in [0, 0.1) is 0 Å². The molecule has 0 N–H and O–H groups in total. The molecule has 0 fully saturated rings. The number of hydrogen-bond acceptors (Lipinski definition) is 5. The summed E-state index contributed by atoms with van der Waals surface area (Å²) in [6.45, 7) is 9.37. The fourth-order valence-corrected chi connectivity index (χ4v) is 3.59. The van der Waals surface area contributed by atoms with Crippen LogP contribution in [0.3, 0.4) is 0 Å². The molecule has 2 atom stereocenters. The maximum absolute atomic E-state index is 12.6. The minimum atomic E-state index is -3.21. The molecule has 7 heteroatoms. The van der Waals surface area contributed by atoms with Gasteiger partial charge in [-0.2, -0.15) is 0 Å². The number of rotatable bonds is 11. The molecule has 0 aromatic rings. The molecule has 0 amide bonds. The molecule has 120 valence electrons. The third-order valence-corrected chi connectivity index (χ3v) is 4.61. The Morgan fingerprint density at radius 2 is 1.60 bits per heavy atom. The maximum atomic E-state index is 12.6. The topological polar surface area (TPSA) is 54.0 Å². The Kier molecular flexibility index (Phi) is 10.0. The third kappa shape index (κ3) is 9.14. The van der Waals surface area contributed by atoms with Crippen LogP contribution in [-0.2, 0) is 23.1 Å². The van der Waals surface area contributed by atoms with E-state index in [4.69, 9.17) is 18.5 Å². The summed E-state index contributed by atoms with van der Waals surface area (Å²) in [5.41, 5.74) is 0. The van der Waals surface area contributed by atoms with E-state index in [2.05, 4.69) is 0 Å². The minimum absolute atomic E-state index is 0.00944. The summed E-state index contributed by atoms with van der Waals surface area (Å²) in [6, 6.07) is 0.108. The van der Waals surface area contributed by atoms with E-state index in [-0.39, 0.29) is 30.7 Å².